The first-order valence-corrected chi connectivity index (χ1v) is 19.3. The molecule has 8 bridgehead atoms. The number of aromatic nitrogens is 4. The average molecular weight is 806 g/mol. The molecule has 3 aromatic heterocycles. The predicted octanol–water partition coefficient (Wildman–Crippen LogP) is 12.3. The molecule has 61 heavy (non-hydrogen) atoms. The lowest BCUT2D eigenvalue weighted by Gasteiger charge is -2.19. The molecule has 9 rings (SSSR count). The zero-order valence-electron chi connectivity index (χ0n) is 33.0. The van der Waals surface area contributed by atoms with Gasteiger partial charge in [0.2, 0.25) is 0 Å². The molecule has 0 spiro atoms. The number of nitrogens with one attached hydrogen (secondary N) is 2. The van der Waals surface area contributed by atoms with Gasteiger partial charge in [-0.1, -0.05) is 45.0 Å². The van der Waals surface area contributed by atoms with Crippen molar-refractivity contribution >= 4 is 63.4 Å². The maximum Gasteiger partial charge on any atom is 0.269 e. The molecule has 0 radical (unpaired) electrons. The van der Waals surface area contributed by atoms with Crippen LogP contribution in [0.4, 0.5) is 17.1 Å². The van der Waals surface area contributed by atoms with E-state index in [0.717, 1.165) is 16.6 Å². The van der Waals surface area contributed by atoms with Gasteiger partial charge < -0.3 is 9.97 Å². The van der Waals surface area contributed by atoms with E-state index in [1.165, 1.54) is 42.0 Å². The summed E-state index contributed by atoms with van der Waals surface area (Å²) in [4.78, 5) is 51.4. The Balaban J connectivity index is 1.43. The summed E-state index contributed by atoms with van der Waals surface area (Å²) in [6.45, 7) is 6.49. The molecule has 5 heterocycles. The minimum atomic E-state index is -0.453. The summed E-state index contributed by atoms with van der Waals surface area (Å²) in [5.41, 5.74) is 12.0. The van der Waals surface area contributed by atoms with Crippen molar-refractivity contribution in [3.63, 3.8) is 0 Å². The Morgan fingerprint density at radius 3 is 0.869 bits per heavy atom. The molecule has 0 aliphatic carbocycles. The first-order chi connectivity index (χ1) is 29.3. The van der Waals surface area contributed by atoms with Crippen LogP contribution in [0.1, 0.15) is 49.1 Å². The lowest BCUT2D eigenvalue weighted by atomic mass is 9.86. The average Bonchev–Trinajstić information content (AvgIpc) is 4.09. The van der Waals surface area contributed by atoms with Crippen molar-refractivity contribution in [3.05, 3.63) is 180 Å². The van der Waals surface area contributed by atoms with Crippen molar-refractivity contribution in [2.45, 2.75) is 26.2 Å². The Kier molecular flexibility index (Phi) is 9.28. The summed E-state index contributed by atoms with van der Waals surface area (Å²) in [6, 6.07) is 35.1. The van der Waals surface area contributed by atoms with Gasteiger partial charge in [-0.05, 0) is 118 Å². The van der Waals surface area contributed by atoms with Gasteiger partial charge in [-0.15, -0.1) is 0 Å². The fraction of sp³-hybridized carbons (Fsp3) is 0.0833. The number of fused-ring (bicyclic) bond motifs is 8. The number of rotatable bonds is 7. The second-order valence-electron chi connectivity index (χ2n) is 15.7. The van der Waals surface area contributed by atoms with E-state index >= 15 is 0 Å². The number of non-ortho nitro benzene ring substituents is 3. The van der Waals surface area contributed by atoms with E-state index in [9.17, 15) is 30.3 Å². The Bertz CT molecular complexity index is 3120. The molecule has 0 saturated heterocycles. The Hall–Kier alpha value is -8.32. The van der Waals surface area contributed by atoms with E-state index in [4.69, 9.17) is 9.97 Å². The highest BCUT2D eigenvalue weighted by atomic mass is 16.6. The van der Waals surface area contributed by atoms with Crippen LogP contribution in [0.2, 0.25) is 0 Å². The maximum atomic E-state index is 11.7. The van der Waals surface area contributed by atoms with Crippen LogP contribution >= 0.6 is 0 Å². The van der Waals surface area contributed by atoms with Gasteiger partial charge in [-0.3, -0.25) is 30.3 Å². The number of benzene rings is 4. The molecule has 0 saturated carbocycles. The Morgan fingerprint density at radius 1 is 0.393 bits per heavy atom. The van der Waals surface area contributed by atoms with Crippen LogP contribution in [0.25, 0.3) is 90.9 Å². The molecule has 2 aliphatic heterocycles. The standard InChI is InChI=1S/C48H35N7O6/c1-48(2,3)32-12-4-28(5-13-32)44-36-20-22-38(49-36)45(29-6-14-33(15-7-29)53(56)57)40-24-26-42(51-40)47(31-10-18-35(19-11-31)55(60)61)43-27-25-41(52-43)46(39-23-21-37(44)50-39)30-8-16-34(17-9-30)54(58)59/h4-27,49,52H,1-3H3. The van der Waals surface area contributed by atoms with Crippen molar-refractivity contribution in [3.8, 4) is 44.5 Å². The molecule has 0 atom stereocenters. The van der Waals surface area contributed by atoms with Crippen molar-refractivity contribution in [1.82, 2.24) is 19.9 Å². The molecule has 2 N–H and O–H groups in total. The van der Waals surface area contributed by atoms with E-state index < -0.39 is 14.8 Å². The quantitative estimate of drug-likeness (QED) is 0.118. The van der Waals surface area contributed by atoms with Gasteiger partial charge in [0.25, 0.3) is 17.1 Å². The van der Waals surface area contributed by atoms with Crippen molar-refractivity contribution < 1.29 is 14.8 Å². The molecule has 2 aliphatic rings. The fourth-order valence-corrected chi connectivity index (χ4v) is 7.81. The number of aromatic amines is 2. The Morgan fingerprint density at radius 2 is 0.639 bits per heavy atom. The SMILES string of the molecule is CC(C)(C)c1ccc(-c2c3nc(c(-c4ccc([N+](=O)[O-])cc4)c4ccc([nH]4)c(-c4ccc([N+](=O)[O-])cc4)c4nc(c(-c5ccc([N+](=O)[O-])cc5)c5ccc2[nH]5)C=C4)C=C3)cc1. The van der Waals surface area contributed by atoms with E-state index in [0.29, 0.717) is 72.7 Å². The first kappa shape index (κ1) is 38.2. The van der Waals surface area contributed by atoms with Crippen LogP contribution in [0.5, 0.6) is 0 Å². The third-order valence-electron chi connectivity index (χ3n) is 10.9. The summed E-state index contributed by atoms with van der Waals surface area (Å²) < 4.78 is 0. The second-order valence-corrected chi connectivity index (χ2v) is 15.7. The fourth-order valence-electron chi connectivity index (χ4n) is 7.81. The third kappa shape index (κ3) is 7.14. The van der Waals surface area contributed by atoms with E-state index in [2.05, 4.69) is 55.0 Å². The molecule has 13 nitrogen and oxygen atoms in total. The molecular weight excluding hydrogens is 771 g/mol. The molecule has 0 fully saturated rings. The van der Waals surface area contributed by atoms with Gasteiger partial charge in [-0.25, -0.2) is 9.97 Å². The van der Waals surface area contributed by atoms with Gasteiger partial charge in [0.15, 0.2) is 0 Å². The number of hydrogen-bond donors (Lipinski definition) is 2. The number of H-pyrrole nitrogens is 2. The van der Waals surface area contributed by atoms with Crippen LogP contribution in [-0.4, -0.2) is 34.7 Å². The number of hydrogen-bond acceptors (Lipinski definition) is 8. The van der Waals surface area contributed by atoms with Gasteiger partial charge >= 0.3 is 0 Å². The maximum absolute atomic E-state index is 11.7. The summed E-state index contributed by atoms with van der Waals surface area (Å²) >= 11 is 0. The van der Waals surface area contributed by atoms with Gasteiger partial charge in [0.05, 0.1) is 37.5 Å². The lowest BCUT2D eigenvalue weighted by Crippen LogP contribution is -2.10. The van der Waals surface area contributed by atoms with E-state index in [-0.39, 0.29) is 22.5 Å². The molecule has 13 heteroatoms. The zero-order valence-corrected chi connectivity index (χ0v) is 33.0. The van der Waals surface area contributed by atoms with Crippen molar-refractivity contribution in [2.24, 2.45) is 0 Å². The van der Waals surface area contributed by atoms with E-state index in [1.807, 2.05) is 48.6 Å². The largest absolute Gasteiger partial charge is 0.354 e. The predicted molar refractivity (Wildman–Crippen MR) is 239 cm³/mol. The van der Waals surface area contributed by atoms with Gasteiger partial charge in [0, 0.05) is 80.7 Å². The first-order valence-electron chi connectivity index (χ1n) is 19.3. The summed E-state index contributed by atoms with van der Waals surface area (Å²) in [5, 5.41) is 35.0. The highest BCUT2D eigenvalue weighted by molar-refractivity contribution is 6.00. The lowest BCUT2D eigenvalue weighted by molar-refractivity contribution is -0.385. The number of nitro benzene ring substituents is 3. The zero-order chi connectivity index (χ0) is 42.6. The smallest absolute Gasteiger partial charge is 0.269 e. The Labute approximate surface area is 347 Å². The molecule has 0 amide bonds. The molecule has 7 aromatic rings. The van der Waals surface area contributed by atoms with Crippen molar-refractivity contribution in [2.75, 3.05) is 0 Å². The normalized spacial score (nSPS) is 12.1. The minimum absolute atomic E-state index is 0.0467. The summed E-state index contributed by atoms with van der Waals surface area (Å²) in [6.07, 6.45) is 7.64. The summed E-state index contributed by atoms with van der Waals surface area (Å²) in [7, 11) is 0. The molecular formula is C48H35N7O6. The molecule has 0 unspecified atom stereocenters. The topological polar surface area (TPSA) is 187 Å². The van der Waals surface area contributed by atoms with Crippen LogP contribution in [0, 0.1) is 30.3 Å². The minimum Gasteiger partial charge on any atom is -0.354 e. The number of nitrogens with zero attached hydrogens (tertiary/aromatic N) is 5. The second kappa shape index (κ2) is 14.8. The van der Waals surface area contributed by atoms with Crippen LogP contribution < -0.4 is 0 Å². The highest BCUT2D eigenvalue weighted by Crippen LogP contribution is 2.39. The van der Waals surface area contributed by atoms with Gasteiger partial charge in [0.1, 0.15) is 0 Å². The van der Waals surface area contributed by atoms with Crippen LogP contribution in [0.3, 0.4) is 0 Å². The number of nitro groups is 3. The van der Waals surface area contributed by atoms with Gasteiger partial charge in [-0.2, -0.15) is 0 Å². The summed E-state index contributed by atoms with van der Waals surface area (Å²) in [5.74, 6) is 0. The molecule has 4 aromatic carbocycles. The van der Waals surface area contributed by atoms with Crippen LogP contribution in [0.15, 0.2) is 121 Å². The monoisotopic (exact) mass is 805 g/mol. The highest BCUT2D eigenvalue weighted by Gasteiger charge is 2.21. The van der Waals surface area contributed by atoms with E-state index in [1.54, 1.807) is 36.4 Å². The third-order valence-corrected chi connectivity index (χ3v) is 10.9. The van der Waals surface area contributed by atoms with Crippen molar-refractivity contribution in [1.29, 1.82) is 0 Å². The molecule has 298 valence electrons. The van der Waals surface area contributed by atoms with Crippen LogP contribution in [-0.2, 0) is 5.41 Å².